The summed E-state index contributed by atoms with van der Waals surface area (Å²) in [6.07, 6.45) is 2.20. The van der Waals surface area contributed by atoms with E-state index in [1.807, 2.05) is 11.6 Å². The molecule has 2 rings (SSSR count). The van der Waals surface area contributed by atoms with Crippen LogP contribution in [0.4, 0.5) is 0 Å². The van der Waals surface area contributed by atoms with E-state index in [0.717, 1.165) is 43.5 Å². The lowest BCUT2D eigenvalue weighted by Gasteiger charge is -2.29. The molecule has 1 aliphatic heterocycles. The van der Waals surface area contributed by atoms with Gasteiger partial charge in [0.2, 0.25) is 0 Å². The summed E-state index contributed by atoms with van der Waals surface area (Å²) in [5, 5.41) is 11.3. The van der Waals surface area contributed by atoms with Crippen LogP contribution in [-0.4, -0.2) is 47.0 Å². The monoisotopic (exact) mass is 464 g/mol. The first-order valence-corrected chi connectivity index (χ1v) is 8.84. The van der Waals surface area contributed by atoms with Crippen LogP contribution in [0.25, 0.3) is 0 Å². The molecule has 144 valence electrons. The lowest BCUT2D eigenvalue weighted by molar-refractivity contribution is 0.0241. The van der Waals surface area contributed by atoms with E-state index in [-0.39, 0.29) is 41.5 Å². The zero-order valence-corrected chi connectivity index (χ0v) is 18.6. The molecule has 0 spiro atoms. The van der Waals surface area contributed by atoms with Crippen molar-refractivity contribution in [3.63, 3.8) is 0 Å². The van der Waals surface area contributed by atoms with Gasteiger partial charge in [0.15, 0.2) is 5.96 Å². The van der Waals surface area contributed by atoms with E-state index in [2.05, 4.69) is 48.4 Å². The standard InChI is InChI=1S/C17H32N6O.HI/c1-7-18-16(19-11-14(24-6)17(3,4)5)21-13-9-8-10-23-15(13)20-12(2)22-23;/h13-14H,7-11H2,1-6H3,(H2,18,19,21);1H. The first-order valence-electron chi connectivity index (χ1n) is 8.84. The largest absolute Gasteiger partial charge is 0.379 e. The Balaban J connectivity index is 0.00000312. The fourth-order valence-corrected chi connectivity index (χ4v) is 2.97. The third kappa shape index (κ3) is 6.09. The number of hydrogen-bond donors (Lipinski definition) is 2. The first kappa shape index (κ1) is 22.1. The quantitative estimate of drug-likeness (QED) is 0.398. The number of methoxy groups -OCH3 is 1. The molecule has 0 aromatic carbocycles. The van der Waals surface area contributed by atoms with E-state index in [1.54, 1.807) is 7.11 Å². The number of aliphatic imine (C=N–C) groups is 1. The van der Waals surface area contributed by atoms with E-state index in [9.17, 15) is 0 Å². The predicted molar refractivity (Wildman–Crippen MR) is 112 cm³/mol. The number of ether oxygens (including phenoxy) is 1. The minimum Gasteiger partial charge on any atom is -0.379 e. The minimum absolute atomic E-state index is 0. The number of aromatic nitrogens is 3. The maximum absolute atomic E-state index is 5.60. The Morgan fingerprint density at radius 3 is 2.76 bits per heavy atom. The topological polar surface area (TPSA) is 76.4 Å². The molecule has 0 saturated carbocycles. The number of nitrogens with zero attached hydrogens (tertiary/aromatic N) is 4. The Kier molecular flexibility index (Phi) is 8.59. The average Bonchev–Trinajstić information content (AvgIpc) is 2.88. The molecule has 0 fully saturated rings. The number of nitrogens with one attached hydrogen (secondary N) is 2. The molecule has 7 nitrogen and oxygen atoms in total. The van der Waals surface area contributed by atoms with Crippen molar-refractivity contribution >= 4 is 29.9 Å². The highest BCUT2D eigenvalue weighted by Crippen LogP contribution is 2.24. The maximum atomic E-state index is 5.60. The normalized spacial score (nSPS) is 19.0. The second-order valence-electron chi connectivity index (χ2n) is 7.39. The second kappa shape index (κ2) is 9.70. The summed E-state index contributed by atoms with van der Waals surface area (Å²) in [6.45, 7) is 12.9. The third-order valence-corrected chi connectivity index (χ3v) is 4.30. The second-order valence-corrected chi connectivity index (χ2v) is 7.39. The lowest BCUT2D eigenvalue weighted by atomic mass is 9.89. The van der Waals surface area contributed by atoms with Gasteiger partial charge in [-0.3, -0.25) is 4.99 Å². The van der Waals surface area contributed by atoms with Crippen LogP contribution in [0.1, 0.15) is 58.2 Å². The van der Waals surface area contributed by atoms with Crippen molar-refractivity contribution in [3.8, 4) is 0 Å². The van der Waals surface area contributed by atoms with Crippen LogP contribution < -0.4 is 10.6 Å². The van der Waals surface area contributed by atoms with Gasteiger partial charge in [-0.25, -0.2) is 9.67 Å². The van der Waals surface area contributed by atoms with Crippen LogP contribution in [-0.2, 0) is 11.3 Å². The first-order chi connectivity index (χ1) is 11.3. The molecule has 0 aliphatic carbocycles. The molecule has 2 atom stereocenters. The minimum atomic E-state index is 0. The van der Waals surface area contributed by atoms with Gasteiger partial charge in [0, 0.05) is 20.2 Å². The Bertz CT molecular complexity index is 566. The maximum Gasteiger partial charge on any atom is 0.191 e. The van der Waals surface area contributed by atoms with Gasteiger partial charge in [0.25, 0.3) is 0 Å². The van der Waals surface area contributed by atoms with Gasteiger partial charge in [-0.15, -0.1) is 24.0 Å². The van der Waals surface area contributed by atoms with Crippen molar-refractivity contribution in [3.05, 3.63) is 11.6 Å². The third-order valence-electron chi connectivity index (χ3n) is 4.30. The predicted octanol–water partition coefficient (Wildman–Crippen LogP) is 2.66. The van der Waals surface area contributed by atoms with Gasteiger partial charge in [0.1, 0.15) is 11.6 Å². The summed E-state index contributed by atoms with van der Waals surface area (Å²) in [4.78, 5) is 9.32. The van der Waals surface area contributed by atoms with E-state index in [4.69, 9.17) is 9.73 Å². The molecule has 8 heteroatoms. The van der Waals surface area contributed by atoms with Gasteiger partial charge < -0.3 is 15.4 Å². The van der Waals surface area contributed by atoms with E-state index in [0.29, 0.717) is 6.54 Å². The van der Waals surface area contributed by atoms with Gasteiger partial charge >= 0.3 is 0 Å². The lowest BCUT2D eigenvalue weighted by Crippen LogP contribution is -2.42. The van der Waals surface area contributed by atoms with Gasteiger partial charge in [-0.1, -0.05) is 20.8 Å². The van der Waals surface area contributed by atoms with Gasteiger partial charge in [-0.05, 0) is 32.1 Å². The van der Waals surface area contributed by atoms with Crippen LogP contribution in [0.3, 0.4) is 0 Å². The molecule has 25 heavy (non-hydrogen) atoms. The smallest absolute Gasteiger partial charge is 0.191 e. The molecule has 0 saturated heterocycles. The Hall–Kier alpha value is -0.900. The molecule has 0 radical (unpaired) electrons. The average molecular weight is 464 g/mol. The zero-order valence-electron chi connectivity index (χ0n) is 16.3. The fourth-order valence-electron chi connectivity index (χ4n) is 2.97. The number of fused-ring (bicyclic) bond motifs is 1. The molecule has 2 N–H and O–H groups in total. The molecule has 1 aromatic rings. The number of hydrogen-bond acceptors (Lipinski definition) is 4. The summed E-state index contributed by atoms with van der Waals surface area (Å²) < 4.78 is 7.61. The Labute approximate surface area is 168 Å². The number of halogens is 1. The summed E-state index contributed by atoms with van der Waals surface area (Å²) in [6, 6.07) is 0.147. The number of rotatable bonds is 5. The highest BCUT2D eigenvalue weighted by Gasteiger charge is 2.26. The highest BCUT2D eigenvalue weighted by molar-refractivity contribution is 14.0. The van der Waals surface area contributed by atoms with E-state index in [1.165, 1.54) is 0 Å². The van der Waals surface area contributed by atoms with Crippen LogP contribution in [0, 0.1) is 12.3 Å². The Morgan fingerprint density at radius 2 is 2.16 bits per heavy atom. The van der Waals surface area contributed by atoms with Gasteiger partial charge in [-0.2, -0.15) is 5.10 Å². The van der Waals surface area contributed by atoms with E-state index < -0.39 is 0 Å². The van der Waals surface area contributed by atoms with Crippen LogP contribution in [0.2, 0.25) is 0 Å². The zero-order chi connectivity index (χ0) is 17.7. The van der Waals surface area contributed by atoms with Crippen LogP contribution in [0.5, 0.6) is 0 Å². The number of guanidine groups is 1. The van der Waals surface area contributed by atoms with E-state index >= 15 is 0 Å². The van der Waals surface area contributed by atoms with Crippen molar-refractivity contribution in [2.75, 3.05) is 20.2 Å². The van der Waals surface area contributed by atoms with Crippen LogP contribution in [0.15, 0.2) is 4.99 Å². The molecule has 0 bridgehead atoms. The van der Waals surface area contributed by atoms with Crippen molar-refractivity contribution in [2.45, 2.75) is 66.2 Å². The summed E-state index contributed by atoms with van der Waals surface area (Å²) in [5.74, 6) is 2.64. The molecule has 1 aromatic heterocycles. The molecule has 0 amide bonds. The summed E-state index contributed by atoms with van der Waals surface area (Å²) >= 11 is 0. The van der Waals surface area contributed by atoms with Crippen molar-refractivity contribution in [1.29, 1.82) is 0 Å². The number of aryl methyl sites for hydroxylation is 2. The molecule has 2 heterocycles. The van der Waals surface area contributed by atoms with Crippen molar-refractivity contribution in [1.82, 2.24) is 25.4 Å². The molecular formula is C17H33IN6O. The SMILES string of the molecule is CCNC(=NCC(OC)C(C)(C)C)NC1CCCn2nc(C)nc21.I. The van der Waals surface area contributed by atoms with Crippen molar-refractivity contribution in [2.24, 2.45) is 10.4 Å². The molecule has 2 unspecified atom stereocenters. The fraction of sp³-hybridized carbons (Fsp3) is 0.824. The molecular weight excluding hydrogens is 431 g/mol. The van der Waals surface area contributed by atoms with Gasteiger partial charge in [0.05, 0.1) is 18.7 Å². The highest BCUT2D eigenvalue weighted by atomic mass is 127. The van der Waals surface area contributed by atoms with Crippen molar-refractivity contribution < 1.29 is 4.74 Å². The Morgan fingerprint density at radius 1 is 1.44 bits per heavy atom. The van der Waals surface area contributed by atoms with Crippen LogP contribution >= 0.6 is 24.0 Å². The molecule has 1 aliphatic rings. The summed E-state index contributed by atoms with van der Waals surface area (Å²) in [5.41, 5.74) is 0.0533. The summed E-state index contributed by atoms with van der Waals surface area (Å²) in [7, 11) is 1.75.